The van der Waals surface area contributed by atoms with Crippen LogP contribution in [0.1, 0.15) is 40.0 Å². The molecule has 1 aromatic carbocycles. The van der Waals surface area contributed by atoms with Gasteiger partial charge in [0.05, 0.1) is 0 Å². The maximum absolute atomic E-state index is 13.5. The SMILES string of the molecule is CC(C)CCCC(C)Nc1c(F)cc(N)cc1F. The van der Waals surface area contributed by atoms with Gasteiger partial charge >= 0.3 is 0 Å². The van der Waals surface area contributed by atoms with Crippen LogP contribution in [0.25, 0.3) is 0 Å². The van der Waals surface area contributed by atoms with Gasteiger partial charge in [0.1, 0.15) is 5.69 Å². The molecule has 0 aliphatic heterocycles. The fraction of sp³-hybridized carbons (Fsp3) is 0.571. The van der Waals surface area contributed by atoms with Gasteiger partial charge in [0.25, 0.3) is 0 Å². The number of nitrogens with one attached hydrogen (secondary N) is 1. The van der Waals surface area contributed by atoms with E-state index in [0.29, 0.717) is 5.92 Å². The lowest BCUT2D eigenvalue weighted by atomic mass is 10.0. The molecular weight excluding hydrogens is 234 g/mol. The molecule has 0 aliphatic rings. The first-order valence-corrected chi connectivity index (χ1v) is 6.41. The van der Waals surface area contributed by atoms with E-state index in [2.05, 4.69) is 19.2 Å². The fourth-order valence-electron chi connectivity index (χ4n) is 1.88. The second kappa shape index (κ2) is 6.57. The molecule has 0 heterocycles. The molecule has 0 aromatic heterocycles. The molecular formula is C14H22F2N2. The molecule has 0 bridgehead atoms. The summed E-state index contributed by atoms with van der Waals surface area (Å²) in [4.78, 5) is 0. The molecule has 1 aromatic rings. The number of rotatable bonds is 6. The summed E-state index contributed by atoms with van der Waals surface area (Å²) in [6.45, 7) is 6.25. The van der Waals surface area contributed by atoms with Crippen LogP contribution in [0.15, 0.2) is 12.1 Å². The second-order valence-corrected chi connectivity index (χ2v) is 5.23. The molecule has 0 spiro atoms. The zero-order valence-electron chi connectivity index (χ0n) is 11.3. The number of anilines is 2. The van der Waals surface area contributed by atoms with Gasteiger partial charge in [-0.05, 0) is 31.4 Å². The topological polar surface area (TPSA) is 38.0 Å². The lowest BCUT2D eigenvalue weighted by Crippen LogP contribution is -2.17. The van der Waals surface area contributed by atoms with E-state index in [1.807, 2.05) is 6.92 Å². The molecule has 0 fully saturated rings. The van der Waals surface area contributed by atoms with Crippen molar-refractivity contribution < 1.29 is 8.78 Å². The van der Waals surface area contributed by atoms with Gasteiger partial charge in [-0.25, -0.2) is 8.78 Å². The highest BCUT2D eigenvalue weighted by atomic mass is 19.1. The highest BCUT2D eigenvalue weighted by molar-refractivity contribution is 5.54. The third kappa shape index (κ3) is 4.51. The highest BCUT2D eigenvalue weighted by Gasteiger charge is 2.12. The largest absolute Gasteiger partial charge is 0.399 e. The van der Waals surface area contributed by atoms with E-state index in [-0.39, 0.29) is 17.4 Å². The van der Waals surface area contributed by atoms with Gasteiger partial charge in [-0.15, -0.1) is 0 Å². The third-order valence-corrected chi connectivity index (χ3v) is 2.87. The first kappa shape index (κ1) is 14.7. The van der Waals surface area contributed by atoms with Gasteiger partial charge in [-0.3, -0.25) is 0 Å². The average Bonchev–Trinajstić information content (AvgIpc) is 2.22. The van der Waals surface area contributed by atoms with Crippen LogP contribution in [-0.2, 0) is 0 Å². The number of hydrogen-bond acceptors (Lipinski definition) is 2. The first-order chi connectivity index (χ1) is 8.40. The number of halogens is 2. The summed E-state index contributed by atoms with van der Waals surface area (Å²) < 4.78 is 27.1. The van der Waals surface area contributed by atoms with Crippen molar-refractivity contribution in [2.75, 3.05) is 11.1 Å². The van der Waals surface area contributed by atoms with E-state index in [1.165, 1.54) is 0 Å². The van der Waals surface area contributed by atoms with Crippen molar-refractivity contribution in [3.8, 4) is 0 Å². The van der Waals surface area contributed by atoms with Crippen LogP contribution >= 0.6 is 0 Å². The molecule has 3 N–H and O–H groups in total. The Morgan fingerprint density at radius 2 is 1.67 bits per heavy atom. The molecule has 4 heteroatoms. The van der Waals surface area contributed by atoms with Crippen molar-refractivity contribution in [2.45, 2.75) is 46.1 Å². The van der Waals surface area contributed by atoms with E-state index in [4.69, 9.17) is 5.73 Å². The predicted octanol–water partition coefficient (Wildman–Crippen LogP) is 4.17. The molecule has 0 saturated carbocycles. The molecule has 0 amide bonds. The van der Waals surface area contributed by atoms with Crippen LogP contribution in [-0.4, -0.2) is 6.04 Å². The lowest BCUT2D eigenvalue weighted by Gasteiger charge is -2.17. The van der Waals surface area contributed by atoms with Crippen molar-refractivity contribution in [2.24, 2.45) is 5.92 Å². The Labute approximate surface area is 108 Å². The Morgan fingerprint density at radius 1 is 1.11 bits per heavy atom. The minimum absolute atomic E-state index is 0.0383. The maximum Gasteiger partial charge on any atom is 0.151 e. The molecule has 0 saturated heterocycles. The third-order valence-electron chi connectivity index (χ3n) is 2.87. The summed E-state index contributed by atoms with van der Waals surface area (Å²) in [7, 11) is 0. The normalized spacial score (nSPS) is 12.8. The van der Waals surface area contributed by atoms with Crippen LogP contribution in [0.5, 0.6) is 0 Å². The number of benzene rings is 1. The predicted molar refractivity (Wildman–Crippen MR) is 72.5 cm³/mol. The van der Waals surface area contributed by atoms with E-state index in [0.717, 1.165) is 31.4 Å². The summed E-state index contributed by atoms with van der Waals surface area (Å²) in [6, 6.07) is 2.30. The quantitative estimate of drug-likeness (QED) is 0.749. The molecule has 1 atom stereocenters. The summed E-state index contributed by atoms with van der Waals surface area (Å²) in [6.07, 6.45) is 3.06. The van der Waals surface area contributed by atoms with Gasteiger partial charge in [0, 0.05) is 11.7 Å². The molecule has 102 valence electrons. The highest BCUT2D eigenvalue weighted by Crippen LogP contribution is 2.23. The zero-order chi connectivity index (χ0) is 13.7. The van der Waals surface area contributed by atoms with Gasteiger partial charge in [0.15, 0.2) is 11.6 Å². The summed E-state index contributed by atoms with van der Waals surface area (Å²) >= 11 is 0. The standard InChI is InChI=1S/C14H22F2N2/c1-9(2)5-4-6-10(3)18-14-12(15)7-11(17)8-13(14)16/h7-10,18H,4-6,17H2,1-3H3. The smallest absolute Gasteiger partial charge is 0.151 e. The Balaban J connectivity index is 2.56. The number of hydrogen-bond donors (Lipinski definition) is 2. The van der Waals surface area contributed by atoms with Crippen LogP contribution in [0.2, 0.25) is 0 Å². The second-order valence-electron chi connectivity index (χ2n) is 5.23. The van der Waals surface area contributed by atoms with Crippen LogP contribution in [0.3, 0.4) is 0 Å². The van der Waals surface area contributed by atoms with Gasteiger partial charge in [-0.1, -0.05) is 26.7 Å². The van der Waals surface area contributed by atoms with Crippen LogP contribution in [0.4, 0.5) is 20.2 Å². The number of nitrogens with two attached hydrogens (primary N) is 1. The van der Waals surface area contributed by atoms with Crippen molar-refractivity contribution >= 4 is 11.4 Å². The van der Waals surface area contributed by atoms with Gasteiger partial charge in [0.2, 0.25) is 0 Å². The first-order valence-electron chi connectivity index (χ1n) is 6.41. The average molecular weight is 256 g/mol. The molecule has 1 unspecified atom stereocenters. The minimum Gasteiger partial charge on any atom is -0.399 e. The Kier molecular flexibility index (Phi) is 5.38. The number of nitrogen functional groups attached to an aromatic ring is 1. The molecule has 2 nitrogen and oxygen atoms in total. The van der Waals surface area contributed by atoms with Crippen molar-refractivity contribution in [1.82, 2.24) is 0 Å². The zero-order valence-corrected chi connectivity index (χ0v) is 11.3. The van der Waals surface area contributed by atoms with Gasteiger partial charge < -0.3 is 11.1 Å². The summed E-state index contributed by atoms with van der Waals surface area (Å²) in [5.74, 6) is -0.617. The van der Waals surface area contributed by atoms with Crippen molar-refractivity contribution in [3.05, 3.63) is 23.8 Å². The van der Waals surface area contributed by atoms with Gasteiger partial charge in [-0.2, -0.15) is 0 Å². The minimum atomic E-state index is -0.636. The van der Waals surface area contributed by atoms with Crippen molar-refractivity contribution in [1.29, 1.82) is 0 Å². The van der Waals surface area contributed by atoms with E-state index in [1.54, 1.807) is 0 Å². The lowest BCUT2D eigenvalue weighted by molar-refractivity contribution is 0.516. The van der Waals surface area contributed by atoms with Crippen molar-refractivity contribution in [3.63, 3.8) is 0 Å². The Morgan fingerprint density at radius 3 is 2.17 bits per heavy atom. The monoisotopic (exact) mass is 256 g/mol. The van der Waals surface area contributed by atoms with E-state index in [9.17, 15) is 8.78 Å². The summed E-state index contributed by atoms with van der Waals surface area (Å²) in [5, 5.41) is 2.87. The molecule has 0 aliphatic carbocycles. The van der Waals surface area contributed by atoms with E-state index < -0.39 is 11.6 Å². The maximum atomic E-state index is 13.5. The Hall–Kier alpha value is -1.32. The van der Waals surface area contributed by atoms with Crippen LogP contribution in [0, 0.1) is 17.6 Å². The molecule has 1 rings (SSSR count). The molecule has 0 radical (unpaired) electrons. The fourth-order valence-corrected chi connectivity index (χ4v) is 1.88. The van der Waals surface area contributed by atoms with E-state index >= 15 is 0 Å². The Bertz CT molecular complexity index is 368. The summed E-state index contributed by atoms with van der Waals surface area (Å²) in [5.41, 5.74) is 5.38. The molecule has 18 heavy (non-hydrogen) atoms. The van der Waals surface area contributed by atoms with Crippen LogP contribution < -0.4 is 11.1 Å².